The molecule has 3 saturated carbocycles. The number of carbonyl (C=O) groups excluding carboxylic acids is 1. The van der Waals surface area contributed by atoms with E-state index in [1.54, 1.807) is 0 Å². The Hall–Kier alpha value is 0.201. The van der Waals surface area contributed by atoms with Gasteiger partial charge in [-0.15, -0.1) is 0 Å². The van der Waals surface area contributed by atoms with Crippen molar-refractivity contribution in [1.82, 2.24) is 0 Å². The van der Waals surface area contributed by atoms with Gasteiger partial charge in [0.1, 0.15) is 5.78 Å². The molecule has 0 aromatic rings. The summed E-state index contributed by atoms with van der Waals surface area (Å²) in [5, 5.41) is 0.565. The predicted molar refractivity (Wildman–Crippen MR) is 196 cm³/mol. The van der Waals surface area contributed by atoms with Crippen LogP contribution in [0, 0.1) is 34.5 Å². The van der Waals surface area contributed by atoms with Crippen LogP contribution in [0.25, 0.3) is 0 Å². The number of hydrogen-bond donors (Lipinski definition) is 0. The monoisotopic (exact) mass is 666 g/mol. The molecule has 0 saturated heterocycles. The van der Waals surface area contributed by atoms with Crippen LogP contribution in [0.15, 0.2) is 0 Å². The maximum absolute atomic E-state index is 13.4. The van der Waals surface area contributed by atoms with Gasteiger partial charge in [0, 0.05) is 31.2 Å². The molecule has 0 spiro atoms. The van der Waals surface area contributed by atoms with E-state index in [2.05, 4.69) is 115 Å². The van der Waals surface area contributed by atoms with Crippen molar-refractivity contribution in [3.05, 3.63) is 0 Å². The molecule has 0 N–H and O–H groups in total. The van der Waals surface area contributed by atoms with Crippen LogP contribution in [0.3, 0.4) is 0 Å². The molecule has 44 heavy (non-hydrogen) atoms. The second kappa shape index (κ2) is 12.6. The fourth-order valence-electron chi connectivity index (χ4n) is 7.98. The topological polar surface area (TPSA) is 44.8 Å². The van der Waals surface area contributed by atoms with Crippen LogP contribution in [-0.2, 0) is 18.1 Å². The van der Waals surface area contributed by atoms with Gasteiger partial charge in [0.15, 0.2) is 25.0 Å². The van der Waals surface area contributed by atoms with Crippen molar-refractivity contribution in [3.63, 3.8) is 0 Å². The third kappa shape index (κ3) is 7.58. The van der Waals surface area contributed by atoms with Gasteiger partial charge in [-0.05, 0) is 122 Å². The first kappa shape index (κ1) is 38.6. The minimum atomic E-state index is -1.93. The molecular formula is C37H74O4Si3. The molecule has 7 heteroatoms. The van der Waals surface area contributed by atoms with Gasteiger partial charge in [0.2, 0.25) is 0 Å². The molecule has 0 aromatic carbocycles. The molecule has 3 rings (SSSR count). The second-order valence-electron chi connectivity index (χ2n) is 20.4. The molecule has 0 aromatic heterocycles. The lowest BCUT2D eigenvalue weighted by molar-refractivity contribution is -0.137. The van der Waals surface area contributed by atoms with Crippen molar-refractivity contribution in [2.75, 3.05) is 13.2 Å². The van der Waals surface area contributed by atoms with Gasteiger partial charge < -0.3 is 13.3 Å². The smallest absolute Gasteiger partial charge is 0.192 e. The molecule has 0 bridgehead atoms. The quantitative estimate of drug-likeness (QED) is 0.230. The molecule has 258 valence electrons. The molecule has 0 radical (unpaired) electrons. The summed E-state index contributed by atoms with van der Waals surface area (Å²) in [5.74, 6) is 2.35. The highest BCUT2D eigenvalue weighted by molar-refractivity contribution is 6.74. The lowest BCUT2D eigenvalue weighted by Gasteiger charge is -2.57. The lowest BCUT2D eigenvalue weighted by atomic mass is 9.49. The van der Waals surface area contributed by atoms with Crippen molar-refractivity contribution in [2.45, 2.75) is 182 Å². The van der Waals surface area contributed by atoms with E-state index in [0.29, 0.717) is 35.6 Å². The second-order valence-corrected chi connectivity index (χ2v) is 34.8. The number of rotatable bonds is 9. The number of hydrogen-bond acceptors (Lipinski definition) is 4. The number of carbonyl (C=O) groups is 1. The Morgan fingerprint density at radius 1 is 0.682 bits per heavy atom. The maximum atomic E-state index is 13.4. The summed E-state index contributed by atoms with van der Waals surface area (Å²) in [4.78, 5) is 13.4. The van der Waals surface area contributed by atoms with Crippen LogP contribution in [0.5, 0.6) is 0 Å². The summed E-state index contributed by atoms with van der Waals surface area (Å²) < 4.78 is 21.3. The largest absolute Gasteiger partial charge is 0.417 e. The number of Topliss-reactive ketones (excluding diaryl/α,β-unsaturated/α-hetero) is 1. The van der Waals surface area contributed by atoms with E-state index in [1.165, 1.54) is 6.42 Å². The molecule has 3 aliphatic rings. The minimum absolute atomic E-state index is 0.143. The normalized spacial score (nSPS) is 34.8. The van der Waals surface area contributed by atoms with Crippen LogP contribution in [-0.4, -0.2) is 50.1 Å². The lowest BCUT2D eigenvalue weighted by Crippen LogP contribution is -2.56. The Labute approximate surface area is 277 Å². The van der Waals surface area contributed by atoms with Gasteiger partial charge in [-0.2, -0.15) is 0 Å². The average molecular weight is 667 g/mol. The zero-order chi connectivity index (χ0) is 33.9. The summed E-state index contributed by atoms with van der Waals surface area (Å²) in [6.45, 7) is 42.2. The molecule has 3 aliphatic carbocycles. The summed E-state index contributed by atoms with van der Waals surface area (Å²) in [6, 6.07) is 0. The van der Waals surface area contributed by atoms with E-state index >= 15 is 0 Å². The van der Waals surface area contributed by atoms with E-state index in [4.69, 9.17) is 13.3 Å². The van der Waals surface area contributed by atoms with Gasteiger partial charge in [0.05, 0.1) is 0 Å². The maximum Gasteiger partial charge on any atom is 0.192 e. The van der Waals surface area contributed by atoms with Gasteiger partial charge in [-0.25, -0.2) is 0 Å². The summed E-state index contributed by atoms with van der Waals surface area (Å²) >= 11 is 0. The van der Waals surface area contributed by atoms with E-state index in [1.807, 2.05) is 0 Å². The van der Waals surface area contributed by atoms with E-state index < -0.39 is 25.0 Å². The Morgan fingerprint density at radius 2 is 1.18 bits per heavy atom. The third-order valence-electron chi connectivity index (χ3n) is 14.6. The predicted octanol–water partition coefficient (Wildman–Crippen LogP) is 11.2. The molecule has 0 amide bonds. The zero-order valence-corrected chi connectivity index (χ0v) is 35.4. The van der Waals surface area contributed by atoms with Gasteiger partial charge >= 0.3 is 0 Å². The van der Waals surface area contributed by atoms with Crippen molar-refractivity contribution >= 4 is 30.7 Å². The van der Waals surface area contributed by atoms with Crippen LogP contribution in [0.4, 0.5) is 0 Å². The molecule has 3 fully saturated rings. The molecular weight excluding hydrogens is 593 g/mol. The van der Waals surface area contributed by atoms with Crippen molar-refractivity contribution in [3.8, 4) is 0 Å². The molecule has 2 unspecified atom stereocenters. The third-order valence-corrected chi connectivity index (χ3v) is 28.2. The van der Waals surface area contributed by atoms with Crippen molar-refractivity contribution in [1.29, 1.82) is 0 Å². The first-order valence-electron chi connectivity index (χ1n) is 18.1. The summed E-state index contributed by atoms with van der Waals surface area (Å²) in [5.41, 5.74) is -0.0336. The van der Waals surface area contributed by atoms with Crippen molar-refractivity contribution in [2.24, 2.45) is 34.5 Å². The molecule has 0 aliphatic heterocycles. The standard InChI is InChI=1S/C37H74O4Si3/c1-33(2,3)42(12,13)39-25-27-24-28(41-44(16,17)35(7,8)9)20-22-36(27,10)31-21-23-37(11)30(18-19-32(37)38)29(31)26-40-43(14,15)34(4,5)6/h27-31H,18-26H2,1-17H3/t27-,28+,29+,30?,31?,36+,37+/m1/s1. The molecule has 4 nitrogen and oxygen atoms in total. The number of ketones is 1. The highest BCUT2D eigenvalue weighted by Crippen LogP contribution is 2.62. The first-order chi connectivity index (χ1) is 19.6. The Morgan fingerprint density at radius 3 is 1.68 bits per heavy atom. The SMILES string of the molecule is CC(C)(C)[Si](C)(C)OC[C@H]1C2CCC(=O)[C@@]2(C)CCC1[C@@]1(C)CC[C@H](O[Si](C)(C)C(C)(C)C)C[C@@H]1CO[Si](C)(C)C(C)(C)C. The Balaban J connectivity index is 2.00. The van der Waals surface area contributed by atoms with Gasteiger partial charge in [-0.3, -0.25) is 4.79 Å². The van der Waals surface area contributed by atoms with Crippen LogP contribution in [0.1, 0.15) is 121 Å². The van der Waals surface area contributed by atoms with E-state index in [9.17, 15) is 4.79 Å². The highest BCUT2D eigenvalue weighted by Gasteiger charge is 2.59. The average Bonchev–Trinajstić information content (AvgIpc) is 3.15. The van der Waals surface area contributed by atoms with E-state index in [-0.39, 0.29) is 25.9 Å². The summed E-state index contributed by atoms with van der Waals surface area (Å²) in [7, 11) is -5.73. The fourth-order valence-corrected chi connectivity index (χ4v) is 11.5. The fraction of sp³-hybridized carbons (Fsp3) is 0.973. The van der Waals surface area contributed by atoms with E-state index in [0.717, 1.165) is 51.7 Å². The van der Waals surface area contributed by atoms with Crippen molar-refractivity contribution < 1.29 is 18.1 Å². The Bertz CT molecular complexity index is 1020. The number of fused-ring (bicyclic) bond motifs is 1. The zero-order valence-electron chi connectivity index (χ0n) is 32.4. The van der Waals surface area contributed by atoms with Crippen LogP contribution in [0.2, 0.25) is 54.4 Å². The van der Waals surface area contributed by atoms with Gasteiger partial charge in [0.25, 0.3) is 0 Å². The minimum Gasteiger partial charge on any atom is -0.417 e. The first-order valence-corrected chi connectivity index (χ1v) is 26.8. The Kier molecular flexibility index (Phi) is 11.1. The molecule has 0 heterocycles. The molecule has 7 atom stereocenters. The highest BCUT2D eigenvalue weighted by atomic mass is 28.4. The summed E-state index contributed by atoms with van der Waals surface area (Å²) in [6.07, 6.45) is 7.66. The van der Waals surface area contributed by atoms with Crippen LogP contribution < -0.4 is 0 Å². The van der Waals surface area contributed by atoms with Crippen LogP contribution >= 0.6 is 0 Å². The van der Waals surface area contributed by atoms with Gasteiger partial charge in [-0.1, -0.05) is 76.2 Å².